The molecule has 0 unspecified atom stereocenters. The van der Waals surface area contributed by atoms with Gasteiger partial charge in [-0.25, -0.2) is 0 Å². The molecule has 0 heterocycles. The topological polar surface area (TPSA) is 56.8 Å². The molecule has 1 aromatic carbocycles. The molecule has 1 N–H and O–H groups in total. The minimum absolute atomic E-state index is 0.00117. The van der Waals surface area contributed by atoms with Crippen LogP contribution in [0, 0.1) is 0 Å². The van der Waals surface area contributed by atoms with Crippen molar-refractivity contribution in [3.05, 3.63) is 23.8 Å². The Bertz CT molecular complexity index is 529. The van der Waals surface area contributed by atoms with Crippen molar-refractivity contribution >= 4 is 29.0 Å². The van der Waals surface area contributed by atoms with E-state index < -0.39 is 0 Å². The zero-order valence-electron chi connectivity index (χ0n) is 13.6. The molecule has 5 nitrogen and oxygen atoms in total. The molecule has 0 saturated carbocycles. The van der Waals surface area contributed by atoms with Crippen molar-refractivity contribution in [1.82, 2.24) is 0 Å². The molecule has 122 valence electrons. The number of carbonyl (C=O) groups excluding carboxylic acids is 1. The van der Waals surface area contributed by atoms with Crippen molar-refractivity contribution in [3.63, 3.8) is 0 Å². The molecule has 0 radical (unpaired) electrons. The van der Waals surface area contributed by atoms with Crippen LogP contribution >= 0.6 is 12.2 Å². The monoisotopic (exact) mass is 325 g/mol. The summed E-state index contributed by atoms with van der Waals surface area (Å²) in [5.74, 6) is 0.327. The fourth-order valence-corrected chi connectivity index (χ4v) is 2.13. The average molecular weight is 325 g/mol. The Labute approximate surface area is 136 Å². The van der Waals surface area contributed by atoms with Crippen LogP contribution in [0.3, 0.4) is 0 Å². The minimum atomic E-state index is -0.300. The van der Waals surface area contributed by atoms with Crippen molar-refractivity contribution in [1.29, 1.82) is 0 Å². The van der Waals surface area contributed by atoms with E-state index in [1.54, 1.807) is 19.2 Å². The molecule has 1 rings (SSSR count). The van der Waals surface area contributed by atoms with Gasteiger partial charge in [-0.3, -0.25) is 4.79 Å². The number of ether oxygens (including phenoxy) is 3. The molecule has 0 saturated heterocycles. The maximum absolute atomic E-state index is 11.8. The van der Waals surface area contributed by atoms with Crippen molar-refractivity contribution in [2.75, 3.05) is 12.4 Å². The molecule has 0 aliphatic rings. The molecule has 0 aliphatic carbocycles. The van der Waals surface area contributed by atoms with Crippen LogP contribution in [0.2, 0.25) is 0 Å². The number of rotatable bonds is 6. The molecule has 0 amide bonds. The Morgan fingerprint density at radius 1 is 1.18 bits per heavy atom. The summed E-state index contributed by atoms with van der Waals surface area (Å²) < 4.78 is 15.8. The number of carbonyl (C=O) groups is 1. The van der Waals surface area contributed by atoms with E-state index in [9.17, 15) is 4.79 Å². The second-order valence-electron chi connectivity index (χ2n) is 5.32. The van der Waals surface area contributed by atoms with Crippen LogP contribution in [0.1, 0.15) is 33.3 Å². The zero-order chi connectivity index (χ0) is 16.7. The first-order chi connectivity index (χ1) is 10.3. The number of anilines is 1. The first-order valence-corrected chi connectivity index (χ1v) is 7.56. The number of benzene rings is 1. The van der Waals surface area contributed by atoms with Gasteiger partial charge in [-0.1, -0.05) is 0 Å². The van der Waals surface area contributed by atoms with E-state index in [1.165, 1.54) is 0 Å². The van der Waals surface area contributed by atoms with Crippen molar-refractivity contribution in [2.24, 2.45) is 0 Å². The second-order valence-corrected chi connectivity index (χ2v) is 5.69. The molecule has 0 bridgehead atoms. The molecule has 0 atom stereocenters. The highest BCUT2D eigenvalue weighted by molar-refractivity contribution is 7.80. The second kappa shape index (κ2) is 8.58. The van der Waals surface area contributed by atoms with Gasteiger partial charge in [-0.15, -0.1) is 0 Å². The third kappa shape index (κ3) is 6.30. The number of methoxy groups -OCH3 is 1. The summed E-state index contributed by atoms with van der Waals surface area (Å²) >= 11 is 5.11. The Hall–Kier alpha value is -1.82. The van der Waals surface area contributed by atoms with Gasteiger partial charge in [-0.05, 0) is 58.1 Å². The molecular weight excluding hydrogens is 302 g/mol. The predicted molar refractivity (Wildman–Crippen MR) is 90.4 cm³/mol. The predicted octanol–water partition coefficient (Wildman–Crippen LogP) is 3.31. The summed E-state index contributed by atoms with van der Waals surface area (Å²) in [6, 6.07) is 5.39. The van der Waals surface area contributed by atoms with Gasteiger partial charge >= 0.3 is 5.97 Å². The minimum Gasteiger partial charge on any atom is -0.496 e. The fourth-order valence-electron chi connectivity index (χ4n) is 1.82. The number of hydrogen-bond donors (Lipinski definition) is 1. The maximum Gasteiger partial charge on any atom is 0.310 e. The van der Waals surface area contributed by atoms with Crippen LogP contribution in [0.15, 0.2) is 18.2 Å². The lowest BCUT2D eigenvalue weighted by atomic mass is 10.1. The molecule has 22 heavy (non-hydrogen) atoms. The van der Waals surface area contributed by atoms with Gasteiger partial charge < -0.3 is 19.5 Å². The van der Waals surface area contributed by atoms with E-state index in [1.807, 2.05) is 33.8 Å². The summed E-state index contributed by atoms with van der Waals surface area (Å²) in [7, 11) is 1.56. The lowest BCUT2D eigenvalue weighted by Gasteiger charge is -2.15. The first-order valence-electron chi connectivity index (χ1n) is 7.15. The highest BCUT2D eigenvalue weighted by Gasteiger charge is 2.13. The van der Waals surface area contributed by atoms with Crippen LogP contribution < -0.4 is 10.1 Å². The van der Waals surface area contributed by atoms with Crippen LogP contribution in [-0.2, 0) is 20.7 Å². The van der Waals surface area contributed by atoms with E-state index in [0.29, 0.717) is 5.75 Å². The molecule has 0 aliphatic heterocycles. The number of esters is 1. The van der Waals surface area contributed by atoms with E-state index in [-0.39, 0.29) is 29.8 Å². The summed E-state index contributed by atoms with van der Waals surface area (Å²) in [6.07, 6.45) is -0.0140. The largest absolute Gasteiger partial charge is 0.496 e. The van der Waals surface area contributed by atoms with Crippen LogP contribution in [0.4, 0.5) is 5.69 Å². The molecule has 0 aromatic heterocycles. The standard InChI is InChI=1S/C16H23NO4S/c1-10(2)20-15(18)9-12-8-13(6-7-14(12)19-5)17-16(22)21-11(3)4/h6-8,10-11H,9H2,1-5H3,(H,17,22). The van der Waals surface area contributed by atoms with Gasteiger partial charge in [-0.2, -0.15) is 0 Å². The van der Waals surface area contributed by atoms with Gasteiger partial charge in [0.05, 0.1) is 25.7 Å². The zero-order valence-corrected chi connectivity index (χ0v) is 14.5. The average Bonchev–Trinajstić information content (AvgIpc) is 2.36. The van der Waals surface area contributed by atoms with Crippen LogP contribution in [0.25, 0.3) is 0 Å². The highest BCUT2D eigenvalue weighted by atomic mass is 32.1. The van der Waals surface area contributed by atoms with E-state index >= 15 is 0 Å². The quantitative estimate of drug-likeness (QED) is 0.640. The summed E-state index contributed by atoms with van der Waals surface area (Å²) in [6.45, 7) is 7.42. The smallest absolute Gasteiger partial charge is 0.310 e. The Morgan fingerprint density at radius 2 is 1.82 bits per heavy atom. The molecular formula is C16H23NO4S. The number of thiocarbonyl (C=S) groups is 1. The highest BCUT2D eigenvalue weighted by Crippen LogP contribution is 2.24. The third-order valence-electron chi connectivity index (χ3n) is 2.57. The van der Waals surface area contributed by atoms with Crippen molar-refractivity contribution < 1.29 is 19.0 Å². The van der Waals surface area contributed by atoms with Gasteiger partial charge in [0.2, 0.25) is 0 Å². The van der Waals surface area contributed by atoms with E-state index in [4.69, 9.17) is 26.4 Å². The Kier molecular flexibility index (Phi) is 7.11. The van der Waals surface area contributed by atoms with Crippen LogP contribution in [0.5, 0.6) is 5.75 Å². The van der Waals surface area contributed by atoms with Crippen molar-refractivity contribution in [3.8, 4) is 5.75 Å². The summed E-state index contributed by atoms with van der Waals surface area (Å²) in [5, 5.41) is 3.27. The van der Waals surface area contributed by atoms with Gasteiger partial charge in [0, 0.05) is 11.3 Å². The van der Waals surface area contributed by atoms with Gasteiger partial charge in [0.25, 0.3) is 5.17 Å². The number of nitrogens with one attached hydrogen (secondary N) is 1. The van der Waals surface area contributed by atoms with Gasteiger partial charge in [0.1, 0.15) is 5.75 Å². The maximum atomic E-state index is 11.8. The number of hydrogen-bond acceptors (Lipinski definition) is 5. The van der Waals surface area contributed by atoms with Crippen LogP contribution in [-0.4, -0.2) is 30.5 Å². The summed E-state index contributed by atoms with van der Waals surface area (Å²) in [4.78, 5) is 11.8. The van der Waals surface area contributed by atoms with Gasteiger partial charge in [0.15, 0.2) is 0 Å². The van der Waals surface area contributed by atoms with Crippen molar-refractivity contribution in [2.45, 2.75) is 46.3 Å². The Morgan fingerprint density at radius 3 is 2.36 bits per heavy atom. The molecule has 6 heteroatoms. The molecule has 0 spiro atoms. The van der Waals surface area contributed by atoms with E-state index in [2.05, 4.69) is 5.32 Å². The van der Waals surface area contributed by atoms with E-state index in [0.717, 1.165) is 11.3 Å². The lowest BCUT2D eigenvalue weighted by Crippen LogP contribution is -2.18. The summed E-state index contributed by atoms with van der Waals surface area (Å²) in [5.41, 5.74) is 1.46. The first kappa shape index (κ1) is 18.2. The SMILES string of the molecule is COc1ccc(NC(=S)OC(C)C)cc1CC(=O)OC(C)C. The fraction of sp³-hybridized carbons (Fsp3) is 0.500. The Balaban J connectivity index is 2.84. The lowest BCUT2D eigenvalue weighted by molar-refractivity contribution is -0.146. The molecule has 1 aromatic rings. The normalized spacial score (nSPS) is 10.5. The molecule has 0 fully saturated rings. The third-order valence-corrected chi connectivity index (χ3v) is 2.77.